The molecule has 0 aliphatic heterocycles. The number of carboxylic acid groups (broad SMARTS) is 2. The van der Waals surface area contributed by atoms with Gasteiger partial charge >= 0.3 is 11.9 Å². The van der Waals surface area contributed by atoms with Crippen molar-refractivity contribution in [2.45, 2.75) is 33.1 Å². The Balaban J connectivity index is 2.11. The highest BCUT2D eigenvalue weighted by atomic mass is 16.4. The van der Waals surface area contributed by atoms with Crippen LogP contribution in [0.5, 0.6) is 0 Å². The van der Waals surface area contributed by atoms with E-state index < -0.39 is 17.9 Å². The van der Waals surface area contributed by atoms with E-state index in [1.807, 2.05) is 67.6 Å². The molecule has 6 nitrogen and oxygen atoms in total. The van der Waals surface area contributed by atoms with Gasteiger partial charge in [0.15, 0.2) is 0 Å². The van der Waals surface area contributed by atoms with Crippen LogP contribution in [0.25, 0.3) is 0 Å². The molecule has 0 radical (unpaired) electrons. The topological polar surface area (TPSA) is 81.1 Å². The largest absolute Gasteiger partial charge is 0.478 e. The van der Waals surface area contributed by atoms with Crippen molar-refractivity contribution in [1.29, 1.82) is 0 Å². The average molecular weight is 465 g/mol. The summed E-state index contributed by atoms with van der Waals surface area (Å²) in [6.45, 7) is 10.7. The van der Waals surface area contributed by atoms with Gasteiger partial charge in [0.2, 0.25) is 0 Å². The number of para-hydroxylation sites is 2. The second-order valence-corrected chi connectivity index (χ2v) is 8.16. The molecular formula is C28H36N2O4. The highest BCUT2D eigenvalue weighted by Crippen LogP contribution is 2.23. The van der Waals surface area contributed by atoms with Crippen LogP contribution >= 0.6 is 0 Å². The van der Waals surface area contributed by atoms with E-state index >= 15 is 0 Å². The summed E-state index contributed by atoms with van der Waals surface area (Å²) in [6.07, 6.45) is 3.07. The van der Waals surface area contributed by atoms with E-state index in [9.17, 15) is 19.8 Å². The number of rotatable bonds is 15. The summed E-state index contributed by atoms with van der Waals surface area (Å²) in [7, 11) is 0. The van der Waals surface area contributed by atoms with Gasteiger partial charge in [-0.3, -0.25) is 0 Å². The van der Waals surface area contributed by atoms with Gasteiger partial charge in [0.25, 0.3) is 0 Å². The Morgan fingerprint density at radius 1 is 0.853 bits per heavy atom. The van der Waals surface area contributed by atoms with E-state index in [0.717, 1.165) is 24.5 Å². The van der Waals surface area contributed by atoms with Gasteiger partial charge in [0, 0.05) is 54.6 Å². The zero-order chi connectivity index (χ0) is 24.9. The molecule has 0 saturated carbocycles. The Morgan fingerprint density at radius 3 is 1.79 bits per heavy atom. The Bertz CT molecular complexity index is 957. The quantitative estimate of drug-likeness (QED) is 0.340. The second kappa shape index (κ2) is 13.9. The fraction of sp³-hybridized carbons (Fsp3) is 0.357. The van der Waals surface area contributed by atoms with Gasteiger partial charge in [-0.05, 0) is 57.4 Å². The molecular weight excluding hydrogens is 428 g/mol. The second-order valence-electron chi connectivity index (χ2n) is 8.16. The van der Waals surface area contributed by atoms with Crippen LogP contribution in [0.3, 0.4) is 0 Å². The third-order valence-electron chi connectivity index (χ3n) is 5.99. The van der Waals surface area contributed by atoms with Crippen molar-refractivity contribution in [3.05, 3.63) is 84.5 Å². The molecule has 2 N–H and O–H groups in total. The minimum atomic E-state index is -1.10. The highest BCUT2D eigenvalue weighted by Gasteiger charge is 2.20. The van der Waals surface area contributed by atoms with Crippen molar-refractivity contribution < 1.29 is 19.8 Å². The first-order chi connectivity index (χ1) is 16.4. The van der Waals surface area contributed by atoms with Gasteiger partial charge < -0.3 is 20.0 Å². The Hall–Kier alpha value is -3.54. The summed E-state index contributed by atoms with van der Waals surface area (Å²) in [5.41, 5.74) is 2.40. The van der Waals surface area contributed by atoms with Crippen LogP contribution in [-0.4, -0.2) is 48.3 Å². The number of nitrogens with zero attached hydrogens (tertiary/aromatic N) is 2. The van der Waals surface area contributed by atoms with Gasteiger partial charge in [-0.1, -0.05) is 49.1 Å². The van der Waals surface area contributed by atoms with Gasteiger partial charge in [0.1, 0.15) is 0 Å². The van der Waals surface area contributed by atoms with Crippen LogP contribution in [0.15, 0.2) is 84.5 Å². The smallest absolute Gasteiger partial charge is 0.331 e. The van der Waals surface area contributed by atoms with Crippen molar-refractivity contribution in [2.75, 3.05) is 36.0 Å². The zero-order valence-corrected chi connectivity index (χ0v) is 20.2. The number of carbonyl (C=O) groups is 2. The number of aliphatic carboxylic acids is 2. The lowest BCUT2D eigenvalue weighted by Gasteiger charge is -2.25. The summed E-state index contributed by atoms with van der Waals surface area (Å²) in [5, 5.41) is 19.4. The minimum Gasteiger partial charge on any atom is -0.478 e. The molecule has 34 heavy (non-hydrogen) atoms. The van der Waals surface area contributed by atoms with E-state index in [1.54, 1.807) is 6.08 Å². The maximum atomic E-state index is 12.0. The van der Waals surface area contributed by atoms with E-state index in [4.69, 9.17) is 0 Å². The molecule has 2 aromatic rings. The molecule has 0 amide bonds. The minimum absolute atomic E-state index is 0.0161. The molecule has 0 heterocycles. The first-order valence-corrected chi connectivity index (χ1v) is 11.8. The van der Waals surface area contributed by atoms with Gasteiger partial charge in [0.05, 0.1) is 0 Å². The molecule has 1 atom stereocenters. The average Bonchev–Trinajstić information content (AvgIpc) is 2.85. The molecule has 0 spiro atoms. The number of anilines is 2. The number of hydrogen-bond donors (Lipinski definition) is 2. The van der Waals surface area contributed by atoms with Crippen molar-refractivity contribution in [3.8, 4) is 0 Å². The van der Waals surface area contributed by atoms with Gasteiger partial charge in [-0.15, -0.1) is 0 Å². The van der Waals surface area contributed by atoms with E-state index in [0.29, 0.717) is 32.4 Å². The number of benzene rings is 2. The summed E-state index contributed by atoms with van der Waals surface area (Å²) in [4.78, 5) is 28.0. The lowest BCUT2D eigenvalue weighted by molar-refractivity contribution is -0.134. The maximum Gasteiger partial charge on any atom is 0.331 e. The monoisotopic (exact) mass is 464 g/mol. The molecule has 0 aliphatic rings. The molecule has 0 aliphatic carbocycles. The molecule has 2 aromatic carbocycles. The fourth-order valence-electron chi connectivity index (χ4n) is 3.99. The Kier molecular flexibility index (Phi) is 10.9. The number of carboxylic acids is 2. The van der Waals surface area contributed by atoms with E-state index in [2.05, 4.69) is 23.3 Å². The first kappa shape index (κ1) is 26.7. The van der Waals surface area contributed by atoms with Crippen LogP contribution in [0.2, 0.25) is 0 Å². The van der Waals surface area contributed by atoms with Crippen molar-refractivity contribution >= 4 is 23.3 Å². The molecule has 182 valence electrons. The van der Waals surface area contributed by atoms with E-state index in [1.165, 1.54) is 0 Å². The summed E-state index contributed by atoms with van der Waals surface area (Å²) in [5.74, 6) is -2.67. The third kappa shape index (κ3) is 8.10. The van der Waals surface area contributed by atoms with Crippen LogP contribution in [-0.2, 0) is 9.59 Å². The van der Waals surface area contributed by atoms with Crippen LogP contribution < -0.4 is 9.80 Å². The lowest BCUT2D eigenvalue weighted by atomic mass is 9.92. The van der Waals surface area contributed by atoms with Gasteiger partial charge in [-0.25, -0.2) is 9.59 Å². The third-order valence-corrected chi connectivity index (χ3v) is 5.99. The highest BCUT2D eigenvalue weighted by molar-refractivity contribution is 5.89. The molecule has 6 heteroatoms. The predicted molar refractivity (Wildman–Crippen MR) is 138 cm³/mol. The van der Waals surface area contributed by atoms with Gasteiger partial charge in [-0.2, -0.15) is 0 Å². The molecule has 0 bridgehead atoms. The maximum absolute atomic E-state index is 12.0. The van der Waals surface area contributed by atoms with E-state index in [-0.39, 0.29) is 11.1 Å². The summed E-state index contributed by atoms with van der Waals surface area (Å²) < 4.78 is 0. The molecule has 1 unspecified atom stereocenters. The molecule has 2 rings (SSSR count). The van der Waals surface area contributed by atoms with Crippen LogP contribution in [0, 0.1) is 5.92 Å². The normalized spacial score (nSPS) is 12.1. The number of allylic oxidation sites excluding steroid dienone is 1. The van der Waals surface area contributed by atoms with Crippen molar-refractivity contribution in [2.24, 2.45) is 5.92 Å². The van der Waals surface area contributed by atoms with Crippen LogP contribution in [0.4, 0.5) is 11.4 Å². The fourth-order valence-corrected chi connectivity index (χ4v) is 3.99. The zero-order valence-electron chi connectivity index (χ0n) is 20.2. The van der Waals surface area contributed by atoms with Crippen molar-refractivity contribution in [1.82, 2.24) is 0 Å². The van der Waals surface area contributed by atoms with Crippen molar-refractivity contribution in [3.63, 3.8) is 0 Å². The molecule has 0 fully saturated rings. The molecule has 0 aromatic heterocycles. The number of hydrogen-bond acceptors (Lipinski definition) is 4. The predicted octanol–water partition coefficient (Wildman–Crippen LogP) is 5.48. The lowest BCUT2D eigenvalue weighted by Crippen LogP contribution is -2.26. The summed E-state index contributed by atoms with van der Waals surface area (Å²) in [6, 6.07) is 19.9. The summed E-state index contributed by atoms with van der Waals surface area (Å²) >= 11 is 0. The van der Waals surface area contributed by atoms with Crippen LogP contribution in [0.1, 0.15) is 33.1 Å². The molecule has 0 saturated heterocycles. The SMILES string of the molecule is C=C(C(=O)O)C(C=C(CCCN(CC)c1ccccc1)C(=O)O)CCN(CC)c1ccccc1. The first-order valence-electron chi connectivity index (χ1n) is 11.8. The Morgan fingerprint density at radius 2 is 1.35 bits per heavy atom. The standard InChI is InChI=1S/C28H36N2O4/c1-4-29(25-14-8-6-9-15-25)19-12-13-24(28(33)34)21-23(22(3)27(31)32)18-20-30(5-2)26-16-10-7-11-17-26/h6-11,14-17,21,23H,3-5,12-13,18-20H2,1-2H3,(H,31,32)(H,33,34). The Labute approximate surface area is 202 Å².